The zero-order chi connectivity index (χ0) is 12.1. The number of carboxylic acids is 1. The highest BCUT2D eigenvalue weighted by Crippen LogP contribution is 2.15. The molecule has 0 aliphatic heterocycles. The Morgan fingerprint density at radius 1 is 1.44 bits per heavy atom. The molecule has 0 aliphatic rings. The lowest BCUT2D eigenvalue weighted by Gasteiger charge is -2.11. The van der Waals surface area contributed by atoms with Crippen molar-refractivity contribution in [3.8, 4) is 0 Å². The van der Waals surface area contributed by atoms with Crippen LogP contribution in [0.3, 0.4) is 0 Å². The highest BCUT2D eigenvalue weighted by molar-refractivity contribution is 7.80. The molecule has 1 atom stereocenters. The maximum absolute atomic E-state index is 11.0. The van der Waals surface area contributed by atoms with Crippen molar-refractivity contribution in [1.82, 2.24) is 0 Å². The van der Waals surface area contributed by atoms with Crippen LogP contribution in [0.2, 0.25) is 0 Å². The van der Waals surface area contributed by atoms with Crippen LogP contribution in [-0.2, 0) is 4.79 Å². The highest BCUT2D eigenvalue weighted by Gasteiger charge is 2.22. The van der Waals surface area contributed by atoms with Crippen molar-refractivity contribution in [3.63, 3.8) is 0 Å². The molecule has 3 nitrogen and oxygen atoms in total. The molecule has 1 aromatic carbocycles. The molecular formula is C12H13NO2S. The Hall–Kier alpha value is -1.68. The fourth-order valence-electron chi connectivity index (χ4n) is 1.44. The molecule has 0 saturated carbocycles. The minimum absolute atomic E-state index is 0.0165. The Morgan fingerprint density at radius 2 is 2.00 bits per heavy atom. The Labute approximate surface area is 99.6 Å². The summed E-state index contributed by atoms with van der Waals surface area (Å²) in [4.78, 5) is 10.9. The van der Waals surface area contributed by atoms with E-state index in [1.165, 1.54) is 0 Å². The molecule has 0 spiro atoms. The van der Waals surface area contributed by atoms with Gasteiger partial charge in [-0.2, -0.15) is 0 Å². The molecule has 0 saturated heterocycles. The first-order valence-corrected chi connectivity index (χ1v) is 5.18. The van der Waals surface area contributed by atoms with Crippen molar-refractivity contribution in [1.29, 1.82) is 0 Å². The molecule has 0 amide bonds. The smallest absolute Gasteiger partial charge is 0.317 e. The lowest BCUT2D eigenvalue weighted by atomic mass is 9.98. The fourth-order valence-corrected chi connectivity index (χ4v) is 1.72. The van der Waals surface area contributed by atoms with Gasteiger partial charge in [0.15, 0.2) is 0 Å². The summed E-state index contributed by atoms with van der Waals surface area (Å²) < 4.78 is 0. The van der Waals surface area contributed by atoms with Gasteiger partial charge >= 0.3 is 5.97 Å². The maximum atomic E-state index is 11.0. The number of aliphatic carboxylic acids is 1. The second-order valence-electron chi connectivity index (χ2n) is 3.47. The number of thiocarbonyl (C=S) groups is 1. The second kappa shape index (κ2) is 5.42. The van der Waals surface area contributed by atoms with Gasteiger partial charge < -0.3 is 10.8 Å². The summed E-state index contributed by atoms with van der Waals surface area (Å²) in [7, 11) is 0. The first-order valence-electron chi connectivity index (χ1n) is 4.77. The summed E-state index contributed by atoms with van der Waals surface area (Å²) in [6, 6.07) is 9.45. The number of benzene rings is 1. The van der Waals surface area contributed by atoms with Gasteiger partial charge in [-0.15, -0.1) is 0 Å². The monoisotopic (exact) mass is 235 g/mol. The van der Waals surface area contributed by atoms with Gasteiger partial charge in [0.1, 0.15) is 5.92 Å². The average Bonchev–Trinajstić information content (AvgIpc) is 2.17. The Morgan fingerprint density at radius 3 is 2.44 bits per heavy atom. The minimum Gasteiger partial charge on any atom is -0.480 e. The van der Waals surface area contributed by atoms with E-state index in [1.807, 2.05) is 30.3 Å². The lowest BCUT2D eigenvalue weighted by molar-refractivity contribution is -0.138. The first kappa shape index (κ1) is 12.4. The van der Waals surface area contributed by atoms with Crippen LogP contribution >= 0.6 is 12.2 Å². The van der Waals surface area contributed by atoms with Crippen LogP contribution in [0.1, 0.15) is 12.5 Å². The van der Waals surface area contributed by atoms with Crippen LogP contribution in [0.4, 0.5) is 0 Å². The van der Waals surface area contributed by atoms with Crippen LogP contribution in [0.25, 0.3) is 6.08 Å². The molecule has 0 unspecified atom stereocenters. The van der Waals surface area contributed by atoms with Crippen molar-refractivity contribution in [2.24, 2.45) is 11.7 Å². The van der Waals surface area contributed by atoms with Gasteiger partial charge in [0.05, 0.1) is 4.99 Å². The van der Waals surface area contributed by atoms with Crippen molar-refractivity contribution in [2.75, 3.05) is 0 Å². The summed E-state index contributed by atoms with van der Waals surface area (Å²) in [6.45, 7) is 1.71. The largest absolute Gasteiger partial charge is 0.480 e. The van der Waals surface area contributed by atoms with Gasteiger partial charge in [0.2, 0.25) is 0 Å². The molecule has 3 N–H and O–H groups in total. The SMILES string of the molecule is C/C(=C/c1ccccc1)[C@@H](C(=O)O)C(N)=S. The summed E-state index contributed by atoms with van der Waals surface area (Å²) in [5.41, 5.74) is 6.97. The topological polar surface area (TPSA) is 63.3 Å². The minimum atomic E-state index is -1.02. The van der Waals surface area contributed by atoms with E-state index in [-0.39, 0.29) is 4.99 Å². The molecule has 0 aromatic heterocycles. The number of carboxylic acid groups (broad SMARTS) is 1. The number of nitrogens with two attached hydrogens (primary N) is 1. The molecule has 1 rings (SSSR count). The van der Waals surface area contributed by atoms with Gasteiger partial charge in [0, 0.05) is 0 Å². The quantitative estimate of drug-likeness (QED) is 0.784. The summed E-state index contributed by atoms with van der Waals surface area (Å²) >= 11 is 4.74. The molecule has 0 bridgehead atoms. The van der Waals surface area contributed by atoms with E-state index in [1.54, 1.807) is 13.0 Å². The van der Waals surface area contributed by atoms with Crippen LogP contribution in [0.5, 0.6) is 0 Å². The number of rotatable bonds is 4. The van der Waals surface area contributed by atoms with Crippen molar-refractivity contribution >= 4 is 29.3 Å². The van der Waals surface area contributed by atoms with Crippen molar-refractivity contribution in [2.45, 2.75) is 6.92 Å². The van der Waals surface area contributed by atoms with E-state index in [2.05, 4.69) is 0 Å². The molecule has 84 valence electrons. The first-order chi connectivity index (χ1) is 7.52. The third-order valence-corrected chi connectivity index (χ3v) is 2.42. The zero-order valence-electron chi connectivity index (χ0n) is 8.88. The number of hydrogen-bond donors (Lipinski definition) is 2. The standard InChI is InChI=1S/C12H13NO2S/c1-8(10(11(13)16)12(14)15)7-9-5-3-2-4-6-9/h2-7,10H,1H3,(H2,13,16)(H,14,15)/b8-7-/t10-/m1/s1. The van der Waals surface area contributed by atoms with Gasteiger partial charge in [-0.05, 0) is 12.5 Å². The van der Waals surface area contributed by atoms with E-state index in [9.17, 15) is 4.79 Å². The lowest BCUT2D eigenvalue weighted by Crippen LogP contribution is -2.29. The second-order valence-corrected chi connectivity index (χ2v) is 3.94. The summed E-state index contributed by atoms with van der Waals surface area (Å²) in [5, 5.41) is 8.98. The van der Waals surface area contributed by atoms with Crippen molar-refractivity contribution < 1.29 is 9.90 Å². The summed E-state index contributed by atoms with van der Waals surface area (Å²) in [6.07, 6.45) is 1.78. The Bertz CT molecular complexity index is 412. The predicted molar refractivity (Wildman–Crippen MR) is 68.0 cm³/mol. The summed E-state index contributed by atoms with van der Waals surface area (Å²) in [5.74, 6) is -1.91. The van der Waals surface area contributed by atoms with Crippen LogP contribution in [0, 0.1) is 5.92 Å². The molecule has 0 aliphatic carbocycles. The fraction of sp³-hybridized carbons (Fsp3) is 0.167. The number of carbonyl (C=O) groups is 1. The van der Waals surface area contributed by atoms with E-state index < -0.39 is 11.9 Å². The molecule has 4 heteroatoms. The third-order valence-electron chi connectivity index (χ3n) is 2.18. The molecule has 1 aromatic rings. The molecule has 0 radical (unpaired) electrons. The Kier molecular flexibility index (Phi) is 4.19. The average molecular weight is 235 g/mol. The van der Waals surface area contributed by atoms with E-state index in [4.69, 9.17) is 23.1 Å². The predicted octanol–water partition coefficient (Wildman–Crippen LogP) is 2.08. The van der Waals surface area contributed by atoms with Gasteiger partial charge in [-0.25, -0.2) is 0 Å². The van der Waals surface area contributed by atoms with Crippen LogP contribution in [0.15, 0.2) is 35.9 Å². The third kappa shape index (κ3) is 3.17. The van der Waals surface area contributed by atoms with Crippen molar-refractivity contribution in [3.05, 3.63) is 41.5 Å². The zero-order valence-corrected chi connectivity index (χ0v) is 9.70. The molecular weight excluding hydrogens is 222 g/mol. The normalized spacial score (nSPS) is 13.2. The highest BCUT2D eigenvalue weighted by atomic mass is 32.1. The molecule has 0 heterocycles. The molecule has 0 fully saturated rings. The van der Waals surface area contributed by atoms with E-state index >= 15 is 0 Å². The maximum Gasteiger partial charge on any atom is 0.317 e. The van der Waals surface area contributed by atoms with Gasteiger partial charge in [-0.3, -0.25) is 4.79 Å². The van der Waals surface area contributed by atoms with Gasteiger partial charge in [-0.1, -0.05) is 54.2 Å². The Balaban J connectivity index is 3.00. The van der Waals surface area contributed by atoms with E-state index in [0.29, 0.717) is 5.57 Å². The number of hydrogen-bond acceptors (Lipinski definition) is 2. The van der Waals surface area contributed by atoms with E-state index in [0.717, 1.165) is 5.56 Å². The van der Waals surface area contributed by atoms with Gasteiger partial charge in [0.25, 0.3) is 0 Å². The van der Waals surface area contributed by atoms with Crippen LogP contribution < -0.4 is 5.73 Å². The molecule has 16 heavy (non-hydrogen) atoms. The van der Waals surface area contributed by atoms with Crippen LogP contribution in [-0.4, -0.2) is 16.1 Å².